The van der Waals surface area contributed by atoms with Crippen LogP contribution in [0.4, 0.5) is 0 Å². The number of hydrogen-bond acceptors (Lipinski definition) is 7. The van der Waals surface area contributed by atoms with Gasteiger partial charge in [0.05, 0.1) is 31.9 Å². The molecule has 0 saturated carbocycles. The molecule has 1 heterocycles. The number of aromatic nitrogens is 4. The van der Waals surface area contributed by atoms with Crippen molar-refractivity contribution in [3.8, 4) is 0 Å². The Hall–Kier alpha value is -2.36. The van der Waals surface area contributed by atoms with Gasteiger partial charge in [-0.25, -0.2) is 4.68 Å². The SMILES string of the molecule is CC(C)(N)C(=O)N[C@H](COCc1ccccc1)c1nnnn1CCO. The third-order valence-corrected chi connectivity index (χ3v) is 3.47. The summed E-state index contributed by atoms with van der Waals surface area (Å²) in [5, 5.41) is 23.3. The summed E-state index contributed by atoms with van der Waals surface area (Å²) in [6.45, 7) is 3.89. The summed E-state index contributed by atoms with van der Waals surface area (Å²) in [7, 11) is 0. The Balaban J connectivity index is 2.08. The zero-order valence-corrected chi connectivity index (χ0v) is 14.4. The molecule has 0 unspecified atom stereocenters. The van der Waals surface area contributed by atoms with Gasteiger partial charge in [0.15, 0.2) is 5.82 Å². The molecule has 0 aliphatic rings. The van der Waals surface area contributed by atoms with Crippen LogP contribution in [0, 0.1) is 0 Å². The molecule has 0 bridgehead atoms. The van der Waals surface area contributed by atoms with Crippen molar-refractivity contribution in [2.24, 2.45) is 5.73 Å². The van der Waals surface area contributed by atoms with Gasteiger partial charge < -0.3 is 20.9 Å². The summed E-state index contributed by atoms with van der Waals surface area (Å²) in [5.74, 6) is 0.0547. The molecular weight excluding hydrogens is 324 g/mol. The highest BCUT2D eigenvalue weighted by Gasteiger charge is 2.28. The zero-order valence-electron chi connectivity index (χ0n) is 14.4. The largest absolute Gasteiger partial charge is 0.394 e. The molecule has 1 amide bonds. The summed E-state index contributed by atoms with van der Waals surface area (Å²) in [6.07, 6.45) is 0. The van der Waals surface area contributed by atoms with Crippen molar-refractivity contribution >= 4 is 5.91 Å². The fraction of sp³-hybridized carbons (Fsp3) is 0.500. The van der Waals surface area contributed by atoms with E-state index in [1.807, 2.05) is 30.3 Å². The number of aliphatic hydroxyl groups is 1. The van der Waals surface area contributed by atoms with Gasteiger partial charge in [0.2, 0.25) is 5.91 Å². The number of hydrogen-bond donors (Lipinski definition) is 3. The van der Waals surface area contributed by atoms with E-state index in [0.29, 0.717) is 12.4 Å². The van der Waals surface area contributed by atoms with Gasteiger partial charge in [-0.1, -0.05) is 30.3 Å². The van der Waals surface area contributed by atoms with Crippen LogP contribution in [0.15, 0.2) is 30.3 Å². The lowest BCUT2D eigenvalue weighted by Gasteiger charge is -2.23. The molecule has 0 aliphatic carbocycles. The summed E-state index contributed by atoms with van der Waals surface area (Å²) in [4.78, 5) is 12.3. The Morgan fingerprint density at radius 3 is 2.76 bits per heavy atom. The third-order valence-electron chi connectivity index (χ3n) is 3.47. The van der Waals surface area contributed by atoms with Gasteiger partial charge in [-0.15, -0.1) is 5.10 Å². The van der Waals surface area contributed by atoms with E-state index < -0.39 is 11.6 Å². The van der Waals surface area contributed by atoms with E-state index in [4.69, 9.17) is 15.6 Å². The molecule has 0 fully saturated rings. The van der Waals surface area contributed by atoms with Gasteiger partial charge in [-0.2, -0.15) is 0 Å². The van der Waals surface area contributed by atoms with Gasteiger partial charge in [-0.3, -0.25) is 4.79 Å². The van der Waals surface area contributed by atoms with Crippen molar-refractivity contribution in [3.63, 3.8) is 0 Å². The molecule has 0 aliphatic heterocycles. The van der Waals surface area contributed by atoms with Crippen LogP contribution in [0.1, 0.15) is 31.3 Å². The van der Waals surface area contributed by atoms with Crippen molar-refractivity contribution in [1.29, 1.82) is 0 Å². The number of carbonyl (C=O) groups is 1. The average Bonchev–Trinajstić information content (AvgIpc) is 3.02. The summed E-state index contributed by atoms with van der Waals surface area (Å²) >= 11 is 0. The van der Waals surface area contributed by atoms with Crippen LogP contribution in [0.3, 0.4) is 0 Å². The van der Waals surface area contributed by atoms with Gasteiger partial charge in [-0.05, 0) is 29.8 Å². The molecule has 2 rings (SSSR count). The van der Waals surface area contributed by atoms with Crippen LogP contribution < -0.4 is 11.1 Å². The predicted molar refractivity (Wildman–Crippen MR) is 90.2 cm³/mol. The second-order valence-corrected chi connectivity index (χ2v) is 6.23. The zero-order chi connectivity index (χ0) is 18.3. The molecule has 1 atom stereocenters. The first-order chi connectivity index (χ1) is 11.9. The van der Waals surface area contributed by atoms with Crippen LogP contribution in [0.25, 0.3) is 0 Å². The van der Waals surface area contributed by atoms with Crippen LogP contribution in [0.2, 0.25) is 0 Å². The molecule has 0 spiro atoms. The summed E-state index contributed by atoms with van der Waals surface area (Å²) in [6, 6.07) is 9.10. The maximum atomic E-state index is 12.3. The number of nitrogens with one attached hydrogen (secondary N) is 1. The second kappa shape index (κ2) is 8.65. The number of rotatable bonds is 9. The first-order valence-electron chi connectivity index (χ1n) is 8.00. The van der Waals surface area contributed by atoms with Crippen LogP contribution in [-0.2, 0) is 22.7 Å². The number of benzene rings is 1. The van der Waals surface area contributed by atoms with Crippen molar-refractivity contribution in [2.45, 2.75) is 38.6 Å². The maximum Gasteiger partial charge on any atom is 0.240 e. The number of tetrazole rings is 1. The first-order valence-corrected chi connectivity index (χ1v) is 8.00. The minimum atomic E-state index is -1.05. The van der Waals surface area contributed by atoms with Crippen molar-refractivity contribution in [3.05, 3.63) is 41.7 Å². The highest BCUT2D eigenvalue weighted by Crippen LogP contribution is 2.13. The Morgan fingerprint density at radius 1 is 1.40 bits per heavy atom. The molecule has 25 heavy (non-hydrogen) atoms. The molecule has 0 radical (unpaired) electrons. The van der Waals surface area contributed by atoms with E-state index in [1.165, 1.54) is 4.68 Å². The van der Waals surface area contributed by atoms with Gasteiger partial charge >= 0.3 is 0 Å². The number of amides is 1. The van der Waals surface area contributed by atoms with Gasteiger partial charge in [0.25, 0.3) is 0 Å². The van der Waals surface area contributed by atoms with Crippen molar-refractivity contribution in [2.75, 3.05) is 13.2 Å². The molecule has 2 aromatic rings. The molecule has 1 aromatic carbocycles. The summed E-state index contributed by atoms with van der Waals surface area (Å²) < 4.78 is 7.16. The van der Waals surface area contributed by atoms with Gasteiger partial charge in [0.1, 0.15) is 6.04 Å². The standard InChI is InChI=1S/C16H24N6O3/c1-16(2,17)15(24)18-13(14-19-20-21-22(14)8-9-23)11-25-10-12-6-4-3-5-7-12/h3-7,13,23H,8-11,17H2,1-2H3,(H,18,24)/t13-/m1/s1. The third kappa shape index (κ3) is 5.59. The fourth-order valence-corrected chi connectivity index (χ4v) is 2.11. The maximum absolute atomic E-state index is 12.3. The number of ether oxygens (including phenoxy) is 1. The van der Waals surface area contributed by atoms with Crippen LogP contribution in [0.5, 0.6) is 0 Å². The second-order valence-electron chi connectivity index (χ2n) is 6.23. The fourth-order valence-electron chi connectivity index (χ4n) is 2.11. The summed E-state index contributed by atoms with van der Waals surface area (Å²) in [5.41, 5.74) is 5.81. The molecule has 136 valence electrons. The highest BCUT2D eigenvalue weighted by molar-refractivity contribution is 5.85. The van der Waals surface area contributed by atoms with E-state index in [-0.39, 0.29) is 25.7 Å². The Morgan fingerprint density at radius 2 is 2.12 bits per heavy atom. The minimum absolute atomic E-state index is 0.119. The smallest absolute Gasteiger partial charge is 0.240 e. The van der Waals surface area contributed by atoms with E-state index in [2.05, 4.69) is 20.8 Å². The predicted octanol–water partition coefficient (Wildman–Crippen LogP) is -0.223. The Labute approximate surface area is 146 Å². The van der Waals surface area contributed by atoms with Gasteiger partial charge in [0, 0.05) is 0 Å². The first kappa shape index (κ1) is 19.0. The quantitative estimate of drug-likeness (QED) is 0.571. The molecule has 9 heteroatoms. The lowest BCUT2D eigenvalue weighted by Crippen LogP contribution is -2.51. The van der Waals surface area contributed by atoms with E-state index in [1.54, 1.807) is 13.8 Å². The molecule has 4 N–H and O–H groups in total. The van der Waals surface area contributed by atoms with E-state index >= 15 is 0 Å². The topological polar surface area (TPSA) is 128 Å². The van der Waals surface area contributed by atoms with Crippen molar-refractivity contribution in [1.82, 2.24) is 25.5 Å². The Kier molecular flexibility index (Phi) is 6.57. The molecule has 1 aromatic heterocycles. The molecular formula is C16H24N6O3. The normalized spacial score (nSPS) is 12.8. The number of carbonyl (C=O) groups excluding carboxylic acids is 1. The lowest BCUT2D eigenvalue weighted by molar-refractivity contribution is -0.126. The number of aliphatic hydroxyl groups excluding tert-OH is 1. The number of nitrogens with two attached hydrogens (primary N) is 1. The highest BCUT2D eigenvalue weighted by atomic mass is 16.5. The molecule has 9 nitrogen and oxygen atoms in total. The van der Waals surface area contributed by atoms with Crippen LogP contribution in [-0.4, -0.2) is 50.0 Å². The minimum Gasteiger partial charge on any atom is -0.394 e. The monoisotopic (exact) mass is 348 g/mol. The Bertz CT molecular complexity index is 668. The average molecular weight is 348 g/mol. The lowest BCUT2D eigenvalue weighted by atomic mass is 10.1. The van der Waals surface area contributed by atoms with E-state index in [9.17, 15) is 4.79 Å². The van der Waals surface area contributed by atoms with Crippen LogP contribution >= 0.6 is 0 Å². The molecule has 0 saturated heterocycles. The van der Waals surface area contributed by atoms with Crippen molar-refractivity contribution < 1.29 is 14.6 Å². The van der Waals surface area contributed by atoms with E-state index in [0.717, 1.165) is 5.56 Å². The number of nitrogens with zero attached hydrogens (tertiary/aromatic N) is 4.